The number of rotatable bonds is 6. The fraction of sp³-hybridized carbons (Fsp3) is 0.278. The summed E-state index contributed by atoms with van der Waals surface area (Å²) in [7, 11) is 0. The highest BCUT2D eigenvalue weighted by Crippen LogP contribution is 2.24. The Balaban J connectivity index is 2.11. The predicted octanol–water partition coefficient (Wildman–Crippen LogP) is 4.91. The summed E-state index contributed by atoms with van der Waals surface area (Å²) in [6.45, 7) is 2.10. The molecule has 0 saturated heterocycles. The van der Waals surface area contributed by atoms with Crippen molar-refractivity contribution in [3.05, 3.63) is 71.5 Å². The number of esters is 1. The van der Waals surface area contributed by atoms with Crippen LogP contribution in [0.4, 0.5) is 4.39 Å². The van der Waals surface area contributed by atoms with E-state index in [4.69, 9.17) is 4.74 Å². The first-order valence-corrected chi connectivity index (χ1v) is 7.22. The van der Waals surface area contributed by atoms with Crippen LogP contribution in [0.2, 0.25) is 0 Å². The standard InChI is InChI=1S/C18H19FO2/c1-2-3-9-17(14-7-5-4-6-8-14)21-18(20)15-10-12-16(19)13-11-15/h4-8,10-13,17H,2-3,9H2,1H3. The van der Waals surface area contributed by atoms with Crippen LogP contribution in [0.3, 0.4) is 0 Å². The molecule has 0 bridgehead atoms. The molecule has 0 aromatic heterocycles. The molecule has 0 aliphatic heterocycles. The molecule has 0 amide bonds. The third-order valence-electron chi connectivity index (χ3n) is 3.32. The lowest BCUT2D eigenvalue weighted by Crippen LogP contribution is -2.12. The summed E-state index contributed by atoms with van der Waals surface area (Å²) in [5.74, 6) is -0.780. The van der Waals surface area contributed by atoms with E-state index in [1.54, 1.807) is 0 Å². The molecule has 2 nitrogen and oxygen atoms in total. The van der Waals surface area contributed by atoms with Crippen LogP contribution in [0.5, 0.6) is 0 Å². The molecule has 0 radical (unpaired) electrons. The Morgan fingerprint density at radius 2 is 1.76 bits per heavy atom. The molecule has 0 spiro atoms. The smallest absolute Gasteiger partial charge is 0.338 e. The van der Waals surface area contributed by atoms with Crippen molar-refractivity contribution >= 4 is 5.97 Å². The van der Waals surface area contributed by atoms with Crippen LogP contribution in [0.25, 0.3) is 0 Å². The van der Waals surface area contributed by atoms with Gasteiger partial charge in [0.25, 0.3) is 0 Å². The third-order valence-corrected chi connectivity index (χ3v) is 3.32. The second-order valence-electron chi connectivity index (χ2n) is 4.95. The first kappa shape index (κ1) is 15.2. The topological polar surface area (TPSA) is 26.3 Å². The number of ether oxygens (including phenoxy) is 1. The zero-order valence-corrected chi connectivity index (χ0v) is 12.1. The van der Waals surface area contributed by atoms with Crippen molar-refractivity contribution in [1.29, 1.82) is 0 Å². The lowest BCUT2D eigenvalue weighted by molar-refractivity contribution is 0.0271. The van der Waals surface area contributed by atoms with Gasteiger partial charge < -0.3 is 4.74 Å². The zero-order valence-electron chi connectivity index (χ0n) is 12.1. The first-order chi connectivity index (χ1) is 10.2. The van der Waals surface area contributed by atoms with Crippen molar-refractivity contribution in [1.82, 2.24) is 0 Å². The maximum Gasteiger partial charge on any atom is 0.338 e. The summed E-state index contributed by atoms with van der Waals surface area (Å²) in [6.07, 6.45) is 2.55. The van der Waals surface area contributed by atoms with Crippen LogP contribution < -0.4 is 0 Å². The van der Waals surface area contributed by atoms with E-state index in [0.717, 1.165) is 24.8 Å². The summed E-state index contributed by atoms with van der Waals surface area (Å²) in [6, 6.07) is 15.1. The van der Waals surface area contributed by atoms with Gasteiger partial charge in [0.2, 0.25) is 0 Å². The lowest BCUT2D eigenvalue weighted by Gasteiger charge is -2.18. The van der Waals surface area contributed by atoms with Crippen molar-refractivity contribution in [2.75, 3.05) is 0 Å². The van der Waals surface area contributed by atoms with Crippen molar-refractivity contribution < 1.29 is 13.9 Å². The van der Waals surface area contributed by atoms with Crippen molar-refractivity contribution in [2.24, 2.45) is 0 Å². The SMILES string of the molecule is CCCCC(OC(=O)c1ccc(F)cc1)c1ccccc1. The van der Waals surface area contributed by atoms with Gasteiger partial charge >= 0.3 is 5.97 Å². The van der Waals surface area contributed by atoms with Gasteiger partial charge in [0, 0.05) is 0 Å². The molecule has 2 aromatic carbocycles. The largest absolute Gasteiger partial charge is 0.454 e. The van der Waals surface area contributed by atoms with Crippen LogP contribution in [-0.2, 0) is 4.74 Å². The van der Waals surface area contributed by atoms with Crippen LogP contribution in [0.15, 0.2) is 54.6 Å². The molecule has 21 heavy (non-hydrogen) atoms. The maximum absolute atomic E-state index is 12.9. The average Bonchev–Trinajstić information content (AvgIpc) is 2.52. The molecular formula is C18H19FO2. The number of halogens is 1. The Labute approximate surface area is 124 Å². The van der Waals surface area contributed by atoms with Crippen molar-refractivity contribution in [3.8, 4) is 0 Å². The summed E-state index contributed by atoms with van der Waals surface area (Å²) >= 11 is 0. The molecular weight excluding hydrogens is 267 g/mol. The summed E-state index contributed by atoms with van der Waals surface area (Å²) in [4.78, 5) is 12.2. The highest BCUT2D eigenvalue weighted by atomic mass is 19.1. The van der Waals surface area contributed by atoms with Crippen LogP contribution >= 0.6 is 0 Å². The first-order valence-electron chi connectivity index (χ1n) is 7.22. The molecule has 0 fully saturated rings. The minimum absolute atomic E-state index is 0.260. The van der Waals surface area contributed by atoms with Crippen molar-refractivity contribution in [3.63, 3.8) is 0 Å². The van der Waals surface area contributed by atoms with Gasteiger partial charge in [-0.25, -0.2) is 9.18 Å². The highest BCUT2D eigenvalue weighted by molar-refractivity contribution is 5.89. The molecule has 1 atom stereocenters. The van der Waals surface area contributed by atoms with Crippen LogP contribution in [-0.4, -0.2) is 5.97 Å². The average molecular weight is 286 g/mol. The molecule has 110 valence electrons. The second kappa shape index (κ2) is 7.58. The quantitative estimate of drug-likeness (QED) is 0.705. The fourth-order valence-electron chi connectivity index (χ4n) is 2.13. The number of hydrogen-bond donors (Lipinski definition) is 0. The molecule has 0 saturated carbocycles. The van der Waals surface area contributed by atoms with Gasteiger partial charge in [-0.1, -0.05) is 43.7 Å². The Morgan fingerprint density at radius 1 is 1.10 bits per heavy atom. The van der Waals surface area contributed by atoms with E-state index in [9.17, 15) is 9.18 Å². The zero-order chi connectivity index (χ0) is 15.1. The number of carbonyl (C=O) groups is 1. The van der Waals surface area contributed by atoms with Crippen molar-refractivity contribution in [2.45, 2.75) is 32.3 Å². The normalized spacial score (nSPS) is 11.9. The van der Waals surface area contributed by atoms with E-state index < -0.39 is 5.97 Å². The van der Waals surface area contributed by atoms with E-state index in [-0.39, 0.29) is 11.9 Å². The Hall–Kier alpha value is -2.16. The molecule has 2 aromatic rings. The van der Waals surface area contributed by atoms with E-state index in [2.05, 4.69) is 6.92 Å². The number of hydrogen-bond acceptors (Lipinski definition) is 2. The number of benzene rings is 2. The van der Waals surface area contributed by atoms with E-state index in [1.807, 2.05) is 30.3 Å². The van der Waals surface area contributed by atoms with Crippen LogP contribution in [0.1, 0.15) is 48.2 Å². The molecule has 0 N–H and O–H groups in total. The fourth-order valence-corrected chi connectivity index (χ4v) is 2.13. The molecule has 1 unspecified atom stereocenters. The van der Waals surface area contributed by atoms with Gasteiger partial charge in [0.1, 0.15) is 11.9 Å². The molecule has 2 rings (SSSR count). The monoisotopic (exact) mass is 286 g/mol. The predicted molar refractivity (Wildman–Crippen MR) is 80.5 cm³/mol. The maximum atomic E-state index is 12.9. The van der Waals surface area contributed by atoms with Gasteiger partial charge in [-0.3, -0.25) is 0 Å². The summed E-state index contributed by atoms with van der Waals surface area (Å²) in [5, 5.41) is 0. The third kappa shape index (κ3) is 4.42. The minimum atomic E-state index is -0.417. The van der Waals surface area contributed by atoms with E-state index in [0.29, 0.717) is 5.56 Å². The van der Waals surface area contributed by atoms with E-state index >= 15 is 0 Å². The lowest BCUT2D eigenvalue weighted by atomic mass is 10.0. The summed E-state index contributed by atoms with van der Waals surface area (Å²) in [5.41, 5.74) is 1.36. The van der Waals surface area contributed by atoms with E-state index in [1.165, 1.54) is 24.3 Å². The number of unbranched alkanes of at least 4 members (excludes halogenated alkanes) is 1. The molecule has 0 aliphatic carbocycles. The second-order valence-corrected chi connectivity index (χ2v) is 4.95. The van der Waals surface area contributed by atoms with Gasteiger partial charge in [-0.15, -0.1) is 0 Å². The molecule has 0 aliphatic rings. The highest BCUT2D eigenvalue weighted by Gasteiger charge is 2.17. The Morgan fingerprint density at radius 3 is 2.38 bits per heavy atom. The number of carbonyl (C=O) groups excluding carboxylic acids is 1. The van der Waals surface area contributed by atoms with Gasteiger partial charge in [0.05, 0.1) is 5.56 Å². The molecule has 0 heterocycles. The van der Waals surface area contributed by atoms with Gasteiger partial charge in [-0.2, -0.15) is 0 Å². The van der Waals surface area contributed by atoms with Gasteiger partial charge in [-0.05, 0) is 42.7 Å². The summed E-state index contributed by atoms with van der Waals surface area (Å²) < 4.78 is 18.5. The molecule has 3 heteroatoms. The Kier molecular flexibility index (Phi) is 5.50. The Bertz CT molecular complexity index is 564. The van der Waals surface area contributed by atoms with Gasteiger partial charge in [0.15, 0.2) is 0 Å². The van der Waals surface area contributed by atoms with Crippen LogP contribution in [0, 0.1) is 5.82 Å². The minimum Gasteiger partial charge on any atom is -0.454 e.